The number of pyridine rings is 1. The van der Waals surface area contributed by atoms with Gasteiger partial charge < -0.3 is 18.9 Å². The first-order valence-electron chi connectivity index (χ1n) is 12.4. The number of imidazole rings is 1. The molecule has 3 aromatic rings. The standard InChI is InChI=1S/C25H32N10O4/c1-5-34(16-27-13-18(12-26-2)25(36)32-37)15-19-29-21-23(33(19)3)30-22(17-6-7-20(38-4)28-14-17)31-24(21)35-8-10-39-11-9-35/h6-7,12-14,37H,2,5,8-11,15-16H2,1,3-4H3,(H,32,36)/b18-12+,27-13-. The number of hydroxylamine groups is 1. The summed E-state index contributed by atoms with van der Waals surface area (Å²) < 4.78 is 12.7. The molecule has 1 saturated heterocycles. The van der Waals surface area contributed by atoms with Gasteiger partial charge in [-0.2, -0.15) is 0 Å². The second kappa shape index (κ2) is 13.0. The first-order valence-corrected chi connectivity index (χ1v) is 12.4. The highest BCUT2D eigenvalue weighted by molar-refractivity contribution is 6.11. The second-order valence-corrected chi connectivity index (χ2v) is 8.62. The van der Waals surface area contributed by atoms with Crippen LogP contribution in [-0.2, 0) is 23.1 Å². The van der Waals surface area contributed by atoms with E-state index in [1.54, 1.807) is 24.9 Å². The number of carbonyl (C=O) groups is 1. The number of amides is 1. The number of rotatable bonds is 11. The summed E-state index contributed by atoms with van der Waals surface area (Å²) in [7, 11) is 3.50. The zero-order chi connectivity index (χ0) is 27.8. The fraction of sp³-hybridized carbons (Fsp3) is 0.400. The van der Waals surface area contributed by atoms with Crippen molar-refractivity contribution in [1.29, 1.82) is 0 Å². The van der Waals surface area contributed by atoms with Crippen LogP contribution in [0.4, 0.5) is 5.82 Å². The van der Waals surface area contributed by atoms with E-state index in [-0.39, 0.29) is 12.2 Å². The van der Waals surface area contributed by atoms with E-state index in [4.69, 9.17) is 29.6 Å². The summed E-state index contributed by atoms with van der Waals surface area (Å²) in [6.45, 7) is 9.41. The maximum absolute atomic E-state index is 11.7. The first kappa shape index (κ1) is 27.8. The Labute approximate surface area is 225 Å². The predicted molar refractivity (Wildman–Crippen MR) is 146 cm³/mol. The van der Waals surface area contributed by atoms with E-state index in [1.165, 1.54) is 12.4 Å². The molecule has 1 aliphatic heterocycles. The minimum atomic E-state index is -0.721. The third-order valence-corrected chi connectivity index (χ3v) is 6.23. The molecule has 0 spiro atoms. The van der Waals surface area contributed by atoms with Gasteiger partial charge in [0.25, 0.3) is 5.91 Å². The fourth-order valence-electron chi connectivity index (χ4n) is 4.02. The van der Waals surface area contributed by atoms with Crippen LogP contribution in [0.25, 0.3) is 22.6 Å². The minimum Gasteiger partial charge on any atom is -0.481 e. The third-order valence-electron chi connectivity index (χ3n) is 6.23. The van der Waals surface area contributed by atoms with Gasteiger partial charge in [-0.15, -0.1) is 0 Å². The van der Waals surface area contributed by atoms with E-state index in [0.29, 0.717) is 62.3 Å². The monoisotopic (exact) mass is 536 g/mol. The van der Waals surface area contributed by atoms with Crippen LogP contribution in [0, 0.1) is 0 Å². The molecule has 0 aromatic carbocycles. The van der Waals surface area contributed by atoms with E-state index in [2.05, 4.69) is 26.6 Å². The number of nitrogens with zero attached hydrogens (tertiary/aromatic N) is 9. The van der Waals surface area contributed by atoms with Crippen molar-refractivity contribution in [3.63, 3.8) is 0 Å². The molecule has 1 fully saturated rings. The van der Waals surface area contributed by atoms with Crippen molar-refractivity contribution in [3.8, 4) is 17.3 Å². The zero-order valence-corrected chi connectivity index (χ0v) is 22.2. The van der Waals surface area contributed by atoms with Crippen LogP contribution < -0.4 is 15.1 Å². The molecule has 1 aliphatic rings. The van der Waals surface area contributed by atoms with Crippen LogP contribution in [0.15, 0.2) is 40.1 Å². The number of hydrogen-bond acceptors (Lipinski definition) is 12. The molecule has 4 rings (SSSR count). The quantitative estimate of drug-likeness (QED) is 0.158. The van der Waals surface area contributed by atoms with Crippen molar-refractivity contribution >= 4 is 35.8 Å². The Hall–Kier alpha value is -4.27. The van der Waals surface area contributed by atoms with Gasteiger partial charge in [0.1, 0.15) is 5.82 Å². The van der Waals surface area contributed by atoms with Gasteiger partial charge in [-0.1, -0.05) is 6.92 Å². The minimum absolute atomic E-state index is 0.0808. The number of ether oxygens (including phenoxy) is 2. The van der Waals surface area contributed by atoms with Gasteiger partial charge in [-0.05, 0) is 19.3 Å². The van der Waals surface area contributed by atoms with Gasteiger partial charge in [0, 0.05) is 50.4 Å². The molecular weight excluding hydrogens is 504 g/mol. The molecule has 14 heteroatoms. The largest absolute Gasteiger partial charge is 0.481 e. The lowest BCUT2D eigenvalue weighted by atomic mass is 10.2. The number of nitrogens with one attached hydrogen (secondary N) is 1. The van der Waals surface area contributed by atoms with Crippen molar-refractivity contribution in [2.45, 2.75) is 13.5 Å². The molecule has 0 saturated carbocycles. The number of fused-ring (bicyclic) bond motifs is 1. The van der Waals surface area contributed by atoms with Crippen molar-refractivity contribution in [2.24, 2.45) is 17.0 Å². The maximum Gasteiger partial charge on any atom is 0.277 e. The molecule has 0 bridgehead atoms. The highest BCUT2D eigenvalue weighted by Crippen LogP contribution is 2.29. The van der Waals surface area contributed by atoms with Crippen molar-refractivity contribution in [1.82, 2.24) is 34.9 Å². The first-order chi connectivity index (χ1) is 19.0. The summed E-state index contributed by atoms with van der Waals surface area (Å²) in [5.74, 6) is 1.87. The van der Waals surface area contributed by atoms with Crippen LogP contribution in [0.1, 0.15) is 12.7 Å². The van der Waals surface area contributed by atoms with E-state index < -0.39 is 5.91 Å². The normalized spacial score (nSPS) is 14.4. The Morgan fingerprint density at radius 2 is 2.10 bits per heavy atom. The number of anilines is 1. The molecule has 39 heavy (non-hydrogen) atoms. The van der Waals surface area contributed by atoms with Gasteiger partial charge in [0.15, 0.2) is 22.8 Å². The molecule has 0 unspecified atom stereocenters. The number of hydrogen-bond donors (Lipinski definition) is 2. The lowest BCUT2D eigenvalue weighted by molar-refractivity contribution is -0.124. The van der Waals surface area contributed by atoms with Crippen molar-refractivity contribution in [2.75, 3.05) is 51.5 Å². The van der Waals surface area contributed by atoms with E-state index in [9.17, 15) is 4.79 Å². The van der Waals surface area contributed by atoms with Crippen LogP contribution in [0.2, 0.25) is 0 Å². The fourth-order valence-corrected chi connectivity index (χ4v) is 4.02. The summed E-state index contributed by atoms with van der Waals surface area (Å²) >= 11 is 0. The average Bonchev–Trinajstić information content (AvgIpc) is 3.30. The SMILES string of the molecule is C=N/C=C(\C=N/CN(CC)Cc1nc2c(N3CCOCC3)nc(-c3ccc(OC)nc3)nc2n1C)C(=O)NO. The van der Waals surface area contributed by atoms with Crippen LogP contribution in [-0.4, -0.2) is 100 Å². The summed E-state index contributed by atoms with van der Waals surface area (Å²) in [6.07, 6.45) is 4.26. The second-order valence-electron chi connectivity index (χ2n) is 8.62. The molecule has 2 N–H and O–H groups in total. The Balaban J connectivity index is 1.66. The van der Waals surface area contributed by atoms with Crippen LogP contribution in [0.5, 0.6) is 5.88 Å². The Bertz CT molecular complexity index is 1360. The zero-order valence-electron chi connectivity index (χ0n) is 22.2. The molecule has 206 valence electrons. The number of methoxy groups -OCH3 is 1. The maximum atomic E-state index is 11.7. The molecule has 0 atom stereocenters. The Morgan fingerprint density at radius 3 is 2.74 bits per heavy atom. The molecular formula is C25H32N10O4. The number of aryl methyl sites for hydroxylation is 1. The highest BCUT2D eigenvalue weighted by atomic mass is 16.5. The van der Waals surface area contributed by atoms with Crippen molar-refractivity contribution < 1.29 is 19.5 Å². The Morgan fingerprint density at radius 1 is 1.31 bits per heavy atom. The molecule has 0 aliphatic carbocycles. The number of carbonyl (C=O) groups excluding carboxylic acids is 1. The lowest BCUT2D eigenvalue weighted by Gasteiger charge is -2.28. The summed E-state index contributed by atoms with van der Waals surface area (Å²) in [5, 5.41) is 8.90. The van der Waals surface area contributed by atoms with E-state index in [0.717, 1.165) is 17.2 Å². The van der Waals surface area contributed by atoms with E-state index >= 15 is 0 Å². The summed E-state index contributed by atoms with van der Waals surface area (Å²) in [5.41, 5.74) is 3.83. The molecule has 3 aromatic heterocycles. The number of aromatic nitrogens is 5. The molecule has 4 heterocycles. The molecule has 0 radical (unpaired) electrons. The van der Waals surface area contributed by atoms with Crippen LogP contribution in [0.3, 0.4) is 0 Å². The van der Waals surface area contributed by atoms with Crippen LogP contribution >= 0.6 is 0 Å². The smallest absolute Gasteiger partial charge is 0.277 e. The predicted octanol–water partition coefficient (Wildman–Crippen LogP) is 1.21. The van der Waals surface area contributed by atoms with Crippen molar-refractivity contribution in [3.05, 3.63) is 35.9 Å². The van der Waals surface area contributed by atoms with Gasteiger partial charge in [0.05, 0.1) is 39.1 Å². The summed E-state index contributed by atoms with van der Waals surface area (Å²) in [4.78, 5) is 42.9. The third kappa shape index (κ3) is 6.42. The lowest BCUT2D eigenvalue weighted by Crippen LogP contribution is -2.37. The molecule has 14 nitrogen and oxygen atoms in total. The van der Waals surface area contributed by atoms with Gasteiger partial charge >= 0.3 is 0 Å². The topological polar surface area (TPSA) is 155 Å². The number of morpholine rings is 1. The van der Waals surface area contributed by atoms with Gasteiger partial charge in [-0.3, -0.25) is 24.9 Å². The summed E-state index contributed by atoms with van der Waals surface area (Å²) in [6, 6.07) is 3.66. The Kier molecular flexibility index (Phi) is 9.25. The number of aliphatic imine (C=N–C) groups is 2. The van der Waals surface area contributed by atoms with E-state index in [1.807, 2.05) is 29.5 Å². The van der Waals surface area contributed by atoms with Gasteiger partial charge in [0.2, 0.25) is 5.88 Å². The molecule has 1 amide bonds. The average molecular weight is 537 g/mol. The van der Waals surface area contributed by atoms with Gasteiger partial charge in [-0.25, -0.2) is 25.4 Å². The highest BCUT2D eigenvalue weighted by Gasteiger charge is 2.23.